The third kappa shape index (κ3) is 5.46. The van der Waals surface area contributed by atoms with E-state index in [2.05, 4.69) is 30.6 Å². The number of anilines is 2. The third-order valence-corrected chi connectivity index (χ3v) is 6.13. The van der Waals surface area contributed by atoms with Crippen LogP contribution in [0.15, 0.2) is 73.3 Å². The topological polar surface area (TPSA) is 143 Å². The van der Waals surface area contributed by atoms with Crippen LogP contribution in [0.5, 0.6) is 0 Å². The van der Waals surface area contributed by atoms with Gasteiger partial charge in [0.2, 0.25) is 0 Å². The number of benzene rings is 1. The number of hydrogen-bond donors (Lipinski definition) is 4. The Bertz CT molecular complexity index is 1670. The monoisotopic (exact) mass is 548 g/mol. The maximum absolute atomic E-state index is 13.0. The third-order valence-electron chi connectivity index (χ3n) is 6.13. The number of nitrogen functional groups attached to an aromatic ring is 1. The van der Waals surface area contributed by atoms with Crippen LogP contribution in [0.1, 0.15) is 39.2 Å². The quantitative estimate of drug-likeness (QED) is 0.222. The molecule has 10 nitrogen and oxygen atoms in total. The summed E-state index contributed by atoms with van der Waals surface area (Å²) in [5.74, 6) is -0.109. The van der Waals surface area contributed by atoms with Crippen molar-refractivity contribution in [1.29, 1.82) is 0 Å². The van der Waals surface area contributed by atoms with Crippen molar-refractivity contribution in [2.75, 3.05) is 11.1 Å². The van der Waals surface area contributed by atoms with Crippen LogP contribution in [0.25, 0.3) is 16.8 Å². The van der Waals surface area contributed by atoms with Gasteiger partial charge in [-0.3, -0.25) is 19.5 Å². The number of imidazole rings is 1. The molecule has 5 rings (SSSR count). The van der Waals surface area contributed by atoms with Gasteiger partial charge < -0.3 is 16.2 Å². The van der Waals surface area contributed by atoms with Crippen molar-refractivity contribution < 1.29 is 23.1 Å². The van der Waals surface area contributed by atoms with Crippen LogP contribution in [-0.4, -0.2) is 35.4 Å². The molecule has 5 aromatic rings. The minimum absolute atomic E-state index is 0.191. The number of carbonyl (C=O) groups is 1. The van der Waals surface area contributed by atoms with E-state index in [1.165, 1.54) is 18.3 Å². The Morgan fingerprint density at radius 1 is 1.10 bits per heavy atom. The molecular formula is C27H23F3N8O2. The summed E-state index contributed by atoms with van der Waals surface area (Å²) >= 11 is 0. The van der Waals surface area contributed by atoms with Crippen LogP contribution in [0.3, 0.4) is 0 Å². The van der Waals surface area contributed by atoms with Crippen LogP contribution in [0.4, 0.5) is 24.8 Å². The van der Waals surface area contributed by atoms with Crippen molar-refractivity contribution >= 4 is 23.1 Å². The number of aryl methyl sites for hydroxylation is 1. The summed E-state index contributed by atoms with van der Waals surface area (Å²) in [6.07, 6.45) is 0.153. The lowest BCUT2D eigenvalue weighted by atomic mass is 10.1. The Morgan fingerprint density at radius 3 is 2.58 bits per heavy atom. The predicted molar refractivity (Wildman–Crippen MR) is 141 cm³/mol. The van der Waals surface area contributed by atoms with E-state index in [0.29, 0.717) is 34.8 Å². The Hall–Kier alpha value is -4.88. The lowest BCUT2D eigenvalue weighted by molar-refractivity contribution is -0.137. The van der Waals surface area contributed by atoms with Crippen LogP contribution in [0.2, 0.25) is 0 Å². The highest BCUT2D eigenvalue weighted by molar-refractivity contribution is 6.04. The van der Waals surface area contributed by atoms with Crippen LogP contribution < -0.4 is 16.4 Å². The summed E-state index contributed by atoms with van der Waals surface area (Å²) in [4.78, 5) is 29.4. The van der Waals surface area contributed by atoms with Crippen molar-refractivity contribution in [3.05, 3.63) is 102 Å². The molecule has 0 bridgehead atoms. The second-order valence-electron chi connectivity index (χ2n) is 8.86. The highest BCUT2D eigenvalue weighted by Gasteiger charge is 2.31. The first kappa shape index (κ1) is 26.7. The number of halogens is 3. The molecule has 40 heavy (non-hydrogen) atoms. The molecule has 5 N–H and O–H groups in total. The predicted octanol–water partition coefficient (Wildman–Crippen LogP) is 4.13. The minimum atomic E-state index is -4.56. The number of hydrogen-bond acceptors (Lipinski definition) is 8. The van der Waals surface area contributed by atoms with Crippen LogP contribution >= 0.6 is 0 Å². The summed E-state index contributed by atoms with van der Waals surface area (Å²) < 4.78 is 40.6. The van der Waals surface area contributed by atoms with Gasteiger partial charge >= 0.3 is 6.18 Å². The van der Waals surface area contributed by atoms with E-state index in [1.807, 2.05) is 6.07 Å². The van der Waals surface area contributed by atoms with E-state index in [-0.39, 0.29) is 17.2 Å². The number of aliphatic hydroxyl groups is 1. The number of rotatable bonds is 7. The van der Waals surface area contributed by atoms with Gasteiger partial charge in [-0.1, -0.05) is 18.2 Å². The molecule has 0 aliphatic rings. The zero-order valence-corrected chi connectivity index (χ0v) is 21.0. The Kier molecular flexibility index (Phi) is 7.15. The number of fused-ring (bicyclic) bond motifs is 1. The van der Waals surface area contributed by atoms with Gasteiger partial charge in [0.15, 0.2) is 0 Å². The molecule has 0 fully saturated rings. The van der Waals surface area contributed by atoms with Gasteiger partial charge in [-0.15, -0.1) is 0 Å². The van der Waals surface area contributed by atoms with Gasteiger partial charge in [-0.05, 0) is 42.8 Å². The number of nitrogens with two attached hydrogens (primary N) is 1. The molecule has 0 aliphatic heterocycles. The lowest BCUT2D eigenvalue weighted by Gasteiger charge is -2.16. The Morgan fingerprint density at radius 2 is 1.88 bits per heavy atom. The fourth-order valence-corrected chi connectivity index (χ4v) is 4.20. The number of aromatic nitrogens is 5. The van der Waals surface area contributed by atoms with Gasteiger partial charge in [0.1, 0.15) is 34.9 Å². The Labute approximate surface area is 225 Å². The summed E-state index contributed by atoms with van der Waals surface area (Å²) in [5, 5.41) is 16.3. The zero-order valence-electron chi connectivity index (χ0n) is 21.0. The maximum Gasteiger partial charge on any atom is 0.416 e. The van der Waals surface area contributed by atoms with Gasteiger partial charge in [0.05, 0.1) is 17.5 Å². The number of carbonyl (C=O) groups excluding carboxylic acids is 1. The van der Waals surface area contributed by atoms with E-state index < -0.39 is 23.9 Å². The van der Waals surface area contributed by atoms with E-state index in [1.54, 1.807) is 41.9 Å². The summed E-state index contributed by atoms with van der Waals surface area (Å²) in [6.45, 7) is 2.12. The number of nitrogens with zero attached hydrogens (tertiary/aromatic N) is 5. The second kappa shape index (κ2) is 10.7. The minimum Gasteiger partial charge on any atom is -0.382 e. The van der Waals surface area contributed by atoms with E-state index in [0.717, 1.165) is 23.9 Å². The largest absolute Gasteiger partial charge is 0.416 e. The molecule has 0 aliphatic carbocycles. The molecule has 204 valence electrons. The number of alkyl halides is 3. The van der Waals surface area contributed by atoms with Gasteiger partial charge in [-0.2, -0.15) is 13.2 Å². The smallest absolute Gasteiger partial charge is 0.382 e. The maximum atomic E-state index is 13.0. The molecule has 0 radical (unpaired) electrons. The first-order chi connectivity index (χ1) is 19.1. The molecule has 0 saturated heterocycles. The molecule has 13 heteroatoms. The van der Waals surface area contributed by atoms with Crippen LogP contribution in [0, 0.1) is 6.92 Å². The van der Waals surface area contributed by atoms with E-state index >= 15 is 0 Å². The van der Waals surface area contributed by atoms with Crippen LogP contribution in [-0.2, 0) is 12.7 Å². The van der Waals surface area contributed by atoms with E-state index in [4.69, 9.17) is 5.73 Å². The average Bonchev–Trinajstić information content (AvgIpc) is 3.30. The van der Waals surface area contributed by atoms with E-state index in [9.17, 15) is 23.1 Å². The fourth-order valence-electron chi connectivity index (χ4n) is 4.20. The van der Waals surface area contributed by atoms with Crippen molar-refractivity contribution in [3.8, 4) is 11.3 Å². The Balaban J connectivity index is 1.39. The average molecular weight is 549 g/mol. The SMILES string of the molecule is Cc1nc(-c2ccc(C(=O)Nc3cc(C(F)(F)F)ccn3)cc2)c2c(N)ncc(C(O)NCc3cccnc3)n12. The normalized spacial score (nSPS) is 12.4. The molecule has 1 amide bonds. The van der Waals surface area contributed by atoms with Crippen molar-refractivity contribution in [2.24, 2.45) is 0 Å². The molecule has 4 heterocycles. The summed E-state index contributed by atoms with van der Waals surface area (Å²) in [6, 6.07) is 11.6. The van der Waals surface area contributed by atoms with Crippen molar-refractivity contribution in [1.82, 2.24) is 29.7 Å². The number of nitrogens with one attached hydrogen (secondary N) is 2. The van der Waals surface area contributed by atoms with Crippen molar-refractivity contribution in [3.63, 3.8) is 0 Å². The lowest BCUT2D eigenvalue weighted by Crippen LogP contribution is -2.23. The molecule has 0 spiro atoms. The first-order valence-electron chi connectivity index (χ1n) is 12.0. The molecule has 1 aromatic carbocycles. The summed E-state index contributed by atoms with van der Waals surface area (Å²) in [5.41, 5.74) is 8.38. The standard InChI is InChI=1S/C27H23F3N8O2/c1-15-36-22(23-24(31)34-14-20(38(15)23)26(40)35-13-16-3-2-9-32-12-16)17-4-6-18(7-5-17)25(39)37-21-11-19(8-10-33-21)27(28,29)30/h2-12,14,26,35,40H,13H2,1H3,(H2,31,34)(H,33,37,39). The highest BCUT2D eigenvalue weighted by atomic mass is 19.4. The second-order valence-corrected chi connectivity index (χ2v) is 8.86. The first-order valence-corrected chi connectivity index (χ1v) is 12.0. The summed E-state index contributed by atoms with van der Waals surface area (Å²) in [7, 11) is 0. The number of aliphatic hydroxyl groups excluding tert-OH is 1. The van der Waals surface area contributed by atoms with Gasteiger partial charge in [-0.25, -0.2) is 15.0 Å². The molecule has 0 saturated carbocycles. The molecule has 1 unspecified atom stereocenters. The zero-order chi connectivity index (χ0) is 28.4. The molecule has 1 atom stereocenters. The van der Waals surface area contributed by atoms with Gasteiger partial charge in [0, 0.05) is 36.3 Å². The number of amides is 1. The highest BCUT2D eigenvalue weighted by Crippen LogP contribution is 2.32. The van der Waals surface area contributed by atoms with Gasteiger partial charge in [0.25, 0.3) is 5.91 Å². The number of pyridine rings is 2. The molecule has 4 aromatic heterocycles. The van der Waals surface area contributed by atoms with Crippen molar-refractivity contribution in [2.45, 2.75) is 25.9 Å². The fraction of sp³-hybridized carbons (Fsp3) is 0.148. The molecular weight excluding hydrogens is 525 g/mol.